The van der Waals surface area contributed by atoms with Crippen molar-refractivity contribution in [2.45, 2.75) is 25.3 Å². The van der Waals surface area contributed by atoms with Crippen LogP contribution in [0.4, 0.5) is 8.78 Å². The van der Waals surface area contributed by atoms with E-state index in [-0.39, 0.29) is 17.5 Å². The number of rotatable bonds is 3. The Hall–Kier alpha value is -2.84. The Balaban J connectivity index is 1.73. The third-order valence-corrected chi connectivity index (χ3v) is 4.53. The number of fused-ring (bicyclic) bond motifs is 1. The summed E-state index contributed by atoms with van der Waals surface area (Å²) in [5, 5.41) is 7.99. The summed E-state index contributed by atoms with van der Waals surface area (Å²) < 4.78 is 27.6. The van der Waals surface area contributed by atoms with Crippen molar-refractivity contribution in [1.29, 1.82) is 0 Å². The van der Waals surface area contributed by atoms with Gasteiger partial charge in [0.1, 0.15) is 11.8 Å². The number of para-hydroxylation sites is 1. The van der Waals surface area contributed by atoms with Crippen molar-refractivity contribution in [3.05, 3.63) is 41.7 Å². The van der Waals surface area contributed by atoms with Gasteiger partial charge in [-0.15, -0.1) is 10.2 Å². The van der Waals surface area contributed by atoms with Gasteiger partial charge >= 0.3 is 0 Å². The van der Waals surface area contributed by atoms with E-state index in [9.17, 15) is 13.6 Å². The molecule has 1 aromatic carbocycles. The number of likely N-dealkylation sites (tertiary alicyclic amines) is 1. The first kappa shape index (κ1) is 15.7. The first-order valence-corrected chi connectivity index (χ1v) is 7.98. The number of hydrogen-bond acceptors (Lipinski definition) is 4. The fourth-order valence-corrected chi connectivity index (χ4v) is 3.35. The van der Waals surface area contributed by atoms with Crippen LogP contribution in [-0.4, -0.2) is 42.1 Å². The summed E-state index contributed by atoms with van der Waals surface area (Å²) in [5.74, 6) is 0.0539. The molecule has 4 rings (SSSR count). The molecular formula is C16H16F2N6O. The number of aromatic nitrogens is 5. The first-order chi connectivity index (χ1) is 12.1. The molecule has 1 aliphatic rings. The molecule has 0 aliphatic carbocycles. The number of imidazole rings is 1. The lowest BCUT2D eigenvalue weighted by molar-refractivity contribution is 0.0729. The predicted molar refractivity (Wildman–Crippen MR) is 85.1 cm³/mol. The van der Waals surface area contributed by atoms with E-state index in [1.54, 1.807) is 34.0 Å². The highest BCUT2D eigenvalue weighted by Gasteiger charge is 2.34. The van der Waals surface area contributed by atoms with E-state index in [0.717, 1.165) is 12.8 Å². The van der Waals surface area contributed by atoms with Gasteiger partial charge in [-0.1, -0.05) is 6.07 Å². The maximum absolute atomic E-state index is 13.1. The average molecular weight is 346 g/mol. The van der Waals surface area contributed by atoms with Gasteiger partial charge in [-0.05, 0) is 25.0 Å². The molecule has 130 valence electrons. The maximum atomic E-state index is 13.1. The standard InChI is InChI=1S/C16H16F2N6O/c1-23-8-19-22-15(23)11-6-3-7-24(11)16(25)9-4-2-5-10-12(9)21-14(20-10)13(17)18/h2,4-5,8,11,13H,3,6-7H2,1H3,(H,20,21). The van der Waals surface area contributed by atoms with Crippen molar-refractivity contribution in [3.63, 3.8) is 0 Å². The van der Waals surface area contributed by atoms with E-state index in [1.165, 1.54) is 0 Å². The number of nitrogens with one attached hydrogen (secondary N) is 1. The molecule has 1 fully saturated rings. The molecule has 1 amide bonds. The first-order valence-electron chi connectivity index (χ1n) is 7.98. The molecule has 25 heavy (non-hydrogen) atoms. The molecule has 3 heterocycles. The lowest BCUT2D eigenvalue weighted by Crippen LogP contribution is -2.32. The minimum absolute atomic E-state index is 0.177. The van der Waals surface area contributed by atoms with Crippen molar-refractivity contribution in [2.24, 2.45) is 7.05 Å². The number of H-pyrrole nitrogens is 1. The van der Waals surface area contributed by atoms with Crippen LogP contribution in [0.5, 0.6) is 0 Å². The zero-order valence-corrected chi connectivity index (χ0v) is 13.5. The van der Waals surface area contributed by atoms with Crippen molar-refractivity contribution < 1.29 is 13.6 Å². The van der Waals surface area contributed by atoms with E-state index >= 15 is 0 Å². The van der Waals surface area contributed by atoms with Gasteiger partial charge in [0.2, 0.25) is 0 Å². The van der Waals surface area contributed by atoms with Gasteiger partial charge in [0.15, 0.2) is 11.6 Å². The zero-order chi connectivity index (χ0) is 17.6. The second-order valence-electron chi connectivity index (χ2n) is 6.08. The maximum Gasteiger partial charge on any atom is 0.295 e. The smallest absolute Gasteiger partial charge is 0.295 e. The zero-order valence-electron chi connectivity index (χ0n) is 13.5. The van der Waals surface area contributed by atoms with E-state index < -0.39 is 12.2 Å². The normalized spacial score (nSPS) is 17.8. The largest absolute Gasteiger partial charge is 0.337 e. The number of halogens is 2. The highest BCUT2D eigenvalue weighted by Crippen LogP contribution is 2.33. The summed E-state index contributed by atoms with van der Waals surface area (Å²) in [6, 6.07) is 4.74. The fraction of sp³-hybridized carbons (Fsp3) is 0.375. The minimum atomic E-state index is -2.71. The number of nitrogens with zero attached hydrogens (tertiary/aromatic N) is 5. The monoisotopic (exact) mass is 346 g/mol. The van der Waals surface area contributed by atoms with Gasteiger partial charge in [0.25, 0.3) is 12.3 Å². The van der Waals surface area contributed by atoms with Crippen LogP contribution >= 0.6 is 0 Å². The number of benzene rings is 1. The van der Waals surface area contributed by atoms with Gasteiger partial charge in [-0.3, -0.25) is 4.79 Å². The Morgan fingerprint density at radius 2 is 2.24 bits per heavy atom. The molecule has 2 aromatic heterocycles. The Morgan fingerprint density at radius 3 is 2.96 bits per heavy atom. The van der Waals surface area contributed by atoms with Gasteiger partial charge < -0.3 is 14.5 Å². The molecular weight excluding hydrogens is 330 g/mol. The van der Waals surface area contributed by atoms with Crippen LogP contribution in [-0.2, 0) is 7.05 Å². The molecule has 1 unspecified atom stereocenters. The lowest BCUT2D eigenvalue weighted by Gasteiger charge is -2.24. The van der Waals surface area contributed by atoms with E-state index in [2.05, 4.69) is 20.2 Å². The molecule has 1 atom stereocenters. The summed E-state index contributed by atoms with van der Waals surface area (Å²) in [7, 11) is 1.83. The fourth-order valence-electron chi connectivity index (χ4n) is 3.35. The van der Waals surface area contributed by atoms with Crippen LogP contribution in [0.1, 0.15) is 47.3 Å². The highest BCUT2D eigenvalue weighted by atomic mass is 19.3. The summed E-state index contributed by atoms with van der Waals surface area (Å²) in [5.41, 5.74) is 1.01. The minimum Gasteiger partial charge on any atom is -0.337 e. The summed E-state index contributed by atoms with van der Waals surface area (Å²) in [4.78, 5) is 21.3. The van der Waals surface area contributed by atoms with Crippen LogP contribution in [0.15, 0.2) is 24.5 Å². The van der Waals surface area contributed by atoms with E-state index in [0.29, 0.717) is 23.4 Å². The third-order valence-electron chi connectivity index (χ3n) is 4.53. The summed E-state index contributed by atoms with van der Waals surface area (Å²) >= 11 is 0. The van der Waals surface area contributed by atoms with Crippen LogP contribution in [0, 0.1) is 0 Å². The van der Waals surface area contributed by atoms with Crippen molar-refractivity contribution in [3.8, 4) is 0 Å². The molecule has 9 heteroatoms. The van der Waals surface area contributed by atoms with Crippen LogP contribution in [0.3, 0.4) is 0 Å². The van der Waals surface area contributed by atoms with Crippen LogP contribution < -0.4 is 0 Å². The molecule has 3 aromatic rings. The van der Waals surface area contributed by atoms with Gasteiger partial charge in [0, 0.05) is 13.6 Å². The number of carbonyl (C=O) groups excluding carboxylic acids is 1. The highest BCUT2D eigenvalue weighted by molar-refractivity contribution is 6.05. The number of hydrogen-bond donors (Lipinski definition) is 1. The Morgan fingerprint density at radius 1 is 1.40 bits per heavy atom. The summed E-state index contributed by atoms with van der Waals surface area (Å²) in [6.45, 7) is 0.582. The number of aryl methyl sites for hydroxylation is 1. The Kier molecular flexibility index (Phi) is 3.70. The molecule has 1 aliphatic heterocycles. The van der Waals surface area contributed by atoms with Crippen molar-refractivity contribution >= 4 is 16.9 Å². The number of alkyl halides is 2. The number of amides is 1. The average Bonchev–Trinajstić information content (AvgIpc) is 3.31. The Bertz CT molecular complexity index is 934. The van der Waals surface area contributed by atoms with E-state index in [4.69, 9.17) is 0 Å². The van der Waals surface area contributed by atoms with E-state index in [1.807, 2.05) is 7.05 Å². The SMILES string of the molecule is Cn1cnnc1C1CCCN1C(=O)c1cccc2[nH]c(C(F)F)nc12. The Labute approximate surface area is 141 Å². The molecule has 1 saturated heterocycles. The predicted octanol–water partition coefficient (Wildman–Crippen LogP) is 2.61. The molecule has 7 nitrogen and oxygen atoms in total. The van der Waals surface area contributed by atoms with Crippen LogP contribution in [0.25, 0.3) is 11.0 Å². The number of carbonyl (C=O) groups is 1. The molecule has 0 saturated carbocycles. The summed E-state index contributed by atoms with van der Waals surface area (Å²) in [6.07, 6.45) is 0.521. The van der Waals surface area contributed by atoms with Gasteiger partial charge in [-0.25, -0.2) is 13.8 Å². The van der Waals surface area contributed by atoms with Gasteiger partial charge in [0.05, 0.1) is 17.1 Å². The van der Waals surface area contributed by atoms with Crippen LogP contribution in [0.2, 0.25) is 0 Å². The van der Waals surface area contributed by atoms with Crippen molar-refractivity contribution in [1.82, 2.24) is 29.6 Å². The third kappa shape index (κ3) is 2.55. The topological polar surface area (TPSA) is 79.7 Å². The lowest BCUT2D eigenvalue weighted by atomic mass is 10.1. The second-order valence-corrected chi connectivity index (χ2v) is 6.08. The number of aromatic amines is 1. The van der Waals surface area contributed by atoms with Gasteiger partial charge in [-0.2, -0.15) is 0 Å². The molecule has 1 N–H and O–H groups in total. The van der Waals surface area contributed by atoms with Crippen molar-refractivity contribution in [2.75, 3.05) is 6.54 Å². The molecule has 0 spiro atoms. The second kappa shape index (κ2) is 5.91. The molecule has 0 bridgehead atoms. The molecule has 0 radical (unpaired) electrons. The quantitative estimate of drug-likeness (QED) is 0.790.